The van der Waals surface area contributed by atoms with Crippen molar-refractivity contribution in [1.82, 2.24) is 4.90 Å². The Morgan fingerprint density at radius 2 is 1.75 bits per heavy atom. The van der Waals surface area contributed by atoms with Gasteiger partial charge in [-0.1, -0.05) is 62.4 Å². The van der Waals surface area contributed by atoms with Gasteiger partial charge in [-0.3, -0.25) is 9.69 Å². The number of methoxy groups -OCH3 is 1. The normalized spacial score (nSPS) is 20.3. The van der Waals surface area contributed by atoms with E-state index in [-0.39, 0.29) is 11.4 Å². The zero-order chi connectivity index (χ0) is 28.3. The van der Waals surface area contributed by atoms with Gasteiger partial charge in [-0.2, -0.15) is 0 Å². The van der Waals surface area contributed by atoms with Gasteiger partial charge in [0.15, 0.2) is 5.17 Å². The minimum Gasteiger partial charge on any atom is -0.496 e. The van der Waals surface area contributed by atoms with E-state index in [0.29, 0.717) is 22.5 Å². The maximum absolute atomic E-state index is 13.8. The van der Waals surface area contributed by atoms with Gasteiger partial charge in [-0.25, -0.2) is 4.99 Å². The molecule has 1 saturated heterocycles. The monoisotopic (exact) mass is 553 g/mol. The molecule has 208 valence electrons. The molecule has 6 heteroatoms. The molecule has 0 spiro atoms. The first kappa shape index (κ1) is 28.0. The summed E-state index contributed by atoms with van der Waals surface area (Å²) in [7, 11) is 1.71. The van der Waals surface area contributed by atoms with E-state index in [4.69, 9.17) is 9.73 Å². The van der Waals surface area contributed by atoms with E-state index in [1.807, 2.05) is 59.5 Å². The third-order valence-corrected chi connectivity index (χ3v) is 8.81. The van der Waals surface area contributed by atoms with Gasteiger partial charge in [0.05, 0.1) is 17.7 Å². The number of rotatable bonds is 8. The van der Waals surface area contributed by atoms with Crippen LogP contribution < -0.4 is 9.64 Å². The highest BCUT2D eigenvalue weighted by Crippen LogP contribution is 2.46. The Morgan fingerprint density at radius 3 is 2.42 bits per heavy atom. The van der Waals surface area contributed by atoms with Crippen LogP contribution in [0.4, 0.5) is 11.4 Å². The molecule has 1 fully saturated rings. The van der Waals surface area contributed by atoms with Crippen molar-refractivity contribution in [3.05, 3.63) is 94.4 Å². The number of fused-ring (bicyclic) bond motifs is 1. The van der Waals surface area contributed by atoms with Crippen molar-refractivity contribution in [3.63, 3.8) is 0 Å². The van der Waals surface area contributed by atoms with E-state index in [1.165, 1.54) is 28.6 Å². The van der Waals surface area contributed by atoms with Gasteiger partial charge in [-0.15, -0.1) is 0 Å². The Kier molecular flexibility index (Phi) is 8.36. The van der Waals surface area contributed by atoms with Gasteiger partial charge in [0, 0.05) is 35.9 Å². The van der Waals surface area contributed by atoms with Crippen LogP contribution in [0, 0.1) is 0 Å². The number of nitrogens with zero attached hydrogens (tertiary/aromatic N) is 3. The number of carbonyl (C=O) groups is 1. The van der Waals surface area contributed by atoms with E-state index < -0.39 is 0 Å². The van der Waals surface area contributed by atoms with Crippen LogP contribution in [0.15, 0.2) is 82.7 Å². The molecule has 0 aliphatic carbocycles. The van der Waals surface area contributed by atoms with Crippen LogP contribution in [0.1, 0.15) is 63.1 Å². The minimum absolute atomic E-state index is 0.0165. The Balaban J connectivity index is 1.52. The molecule has 5 nitrogen and oxygen atoms in total. The lowest BCUT2D eigenvalue weighted by molar-refractivity contribution is -0.122. The molecule has 1 amide bonds. The second-order valence-electron chi connectivity index (χ2n) is 11.3. The van der Waals surface area contributed by atoms with Crippen LogP contribution in [0.25, 0.3) is 6.08 Å². The lowest BCUT2D eigenvalue weighted by Crippen LogP contribution is -2.48. The van der Waals surface area contributed by atoms with Crippen LogP contribution in [-0.4, -0.2) is 41.7 Å². The van der Waals surface area contributed by atoms with Crippen molar-refractivity contribution in [3.8, 4) is 5.75 Å². The summed E-state index contributed by atoms with van der Waals surface area (Å²) in [5, 5.41) is 0.708. The number of anilines is 1. The number of ether oxygens (including phenoxy) is 1. The average molecular weight is 554 g/mol. The number of hydrogen-bond acceptors (Lipinski definition) is 5. The number of aliphatic imine (C=N–C) groups is 1. The van der Waals surface area contributed by atoms with Crippen LogP contribution in [0.5, 0.6) is 5.75 Å². The molecule has 1 unspecified atom stereocenters. The summed E-state index contributed by atoms with van der Waals surface area (Å²) in [5.41, 5.74) is 5.60. The van der Waals surface area contributed by atoms with E-state index in [1.54, 1.807) is 7.11 Å². The molecular formula is C34H39N3O2S. The predicted octanol–water partition coefficient (Wildman–Crippen LogP) is 8.04. The van der Waals surface area contributed by atoms with Crippen molar-refractivity contribution in [2.24, 2.45) is 4.99 Å². The Hall–Kier alpha value is -3.51. The molecule has 5 rings (SSSR count). The van der Waals surface area contributed by atoms with E-state index in [0.717, 1.165) is 42.8 Å². The highest BCUT2D eigenvalue weighted by Gasteiger charge is 2.37. The first-order valence-electron chi connectivity index (χ1n) is 14.2. The molecule has 0 saturated carbocycles. The second-order valence-corrected chi connectivity index (χ2v) is 12.3. The first-order valence-corrected chi connectivity index (χ1v) is 15.0. The molecular weight excluding hydrogens is 514 g/mol. The van der Waals surface area contributed by atoms with Crippen LogP contribution in [-0.2, 0) is 11.2 Å². The number of amidine groups is 1. The van der Waals surface area contributed by atoms with Gasteiger partial charge in [0.25, 0.3) is 5.91 Å². The first-order chi connectivity index (χ1) is 19.3. The fourth-order valence-corrected chi connectivity index (χ4v) is 6.91. The molecule has 2 aliphatic rings. The zero-order valence-electron chi connectivity index (χ0n) is 24.2. The molecule has 0 aromatic heterocycles. The van der Waals surface area contributed by atoms with E-state index in [2.05, 4.69) is 56.9 Å². The molecule has 40 heavy (non-hydrogen) atoms. The molecule has 3 aromatic carbocycles. The fourth-order valence-electron chi connectivity index (χ4n) is 5.89. The van der Waals surface area contributed by atoms with E-state index >= 15 is 0 Å². The molecule has 1 atom stereocenters. The Morgan fingerprint density at radius 1 is 1.05 bits per heavy atom. The number of para-hydroxylation sites is 1. The van der Waals surface area contributed by atoms with Crippen LogP contribution in [0.3, 0.4) is 0 Å². The Bertz CT molecular complexity index is 1420. The summed E-state index contributed by atoms with van der Waals surface area (Å²) in [5.74, 6) is 1.18. The number of hydrogen-bond donors (Lipinski definition) is 0. The maximum Gasteiger partial charge on any atom is 0.266 e. The second kappa shape index (κ2) is 11.9. The highest BCUT2D eigenvalue weighted by molar-refractivity contribution is 8.18. The summed E-state index contributed by atoms with van der Waals surface area (Å²) in [6.45, 7) is 10.8. The largest absolute Gasteiger partial charge is 0.496 e. The molecule has 0 N–H and O–H groups in total. The SMILES string of the molecule is CCCN1c2cc(OC)c(/C=C3/SC(=Nc4ccccc4)N(CCc4ccccc4)C3=O)cc2C(C)CC1(C)C. The highest BCUT2D eigenvalue weighted by atomic mass is 32.2. The third-order valence-electron chi connectivity index (χ3n) is 7.81. The molecule has 0 radical (unpaired) electrons. The Labute approximate surface area is 242 Å². The standard InChI is InChI=1S/C34H39N3O2S/c1-6-18-37-29-22-30(39-5)26(20-28(29)24(2)23-34(37,3)4)21-31-32(38)36(19-17-25-13-9-7-10-14-25)33(40-31)35-27-15-11-8-12-16-27/h7-16,20-22,24H,6,17-19,23H2,1-5H3/b31-21+,35-33?. The van der Waals surface area contributed by atoms with Crippen molar-refractivity contribution in [2.45, 2.75) is 58.4 Å². The number of thioether (sulfide) groups is 1. The topological polar surface area (TPSA) is 45.1 Å². The summed E-state index contributed by atoms with van der Waals surface area (Å²) in [6, 6.07) is 24.5. The quantitative estimate of drug-likeness (QED) is 0.265. The smallest absolute Gasteiger partial charge is 0.266 e. The molecule has 3 aromatic rings. The molecule has 0 bridgehead atoms. The molecule has 2 aliphatic heterocycles. The average Bonchev–Trinajstić information content (AvgIpc) is 3.23. The van der Waals surface area contributed by atoms with Crippen molar-refractivity contribution in [1.29, 1.82) is 0 Å². The number of amides is 1. The summed E-state index contributed by atoms with van der Waals surface area (Å²) >= 11 is 1.44. The van der Waals surface area contributed by atoms with Crippen molar-refractivity contribution < 1.29 is 9.53 Å². The van der Waals surface area contributed by atoms with Gasteiger partial charge >= 0.3 is 0 Å². The lowest BCUT2D eigenvalue weighted by Gasteiger charge is -2.47. The van der Waals surface area contributed by atoms with E-state index in [9.17, 15) is 4.79 Å². The predicted molar refractivity (Wildman–Crippen MR) is 169 cm³/mol. The number of carbonyl (C=O) groups excluding carboxylic acids is 1. The lowest BCUT2D eigenvalue weighted by atomic mass is 9.79. The molecule has 2 heterocycles. The number of benzene rings is 3. The maximum atomic E-state index is 13.8. The van der Waals surface area contributed by atoms with Crippen molar-refractivity contribution in [2.75, 3.05) is 25.1 Å². The van der Waals surface area contributed by atoms with Gasteiger partial charge in [-0.05, 0) is 86.2 Å². The van der Waals surface area contributed by atoms with Gasteiger partial charge in [0.1, 0.15) is 5.75 Å². The summed E-state index contributed by atoms with van der Waals surface area (Å²) in [4.78, 5) is 23.7. The van der Waals surface area contributed by atoms with Gasteiger partial charge in [0.2, 0.25) is 0 Å². The zero-order valence-corrected chi connectivity index (χ0v) is 25.0. The van der Waals surface area contributed by atoms with Crippen molar-refractivity contribution >= 4 is 40.3 Å². The van der Waals surface area contributed by atoms with Crippen LogP contribution >= 0.6 is 11.8 Å². The van der Waals surface area contributed by atoms with Crippen LogP contribution in [0.2, 0.25) is 0 Å². The van der Waals surface area contributed by atoms with Gasteiger partial charge < -0.3 is 9.64 Å². The third kappa shape index (κ3) is 5.83. The fraction of sp³-hybridized carbons (Fsp3) is 0.353. The summed E-state index contributed by atoms with van der Waals surface area (Å²) < 4.78 is 5.91. The summed E-state index contributed by atoms with van der Waals surface area (Å²) in [6.07, 6.45) is 4.92. The minimum atomic E-state index is -0.0165.